The molecule has 1 rings (SSSR count). The van der Waals surface area contributed by atoms with E-state index in [1.807, 2.05) is 0 Å². The molecule has 0 aliphatic rings. The first-order valence-electron chi connectivity index (χ1n) is 5.50. The van der Waals surface area contributed by atoms with Crippen molar-refractivity contribution in [3.05, 3.63) is 35.6 Å². The fourth-order valence-electron chi connectivity index (χ4n) is 1.42. The van der Waals surface area contributed by atoms with Crippen LogP contribution in [0.5, 0.6) is 0 Å². The molecule has 0 N–H and O–H groups in total. The smallest absolute Gasteiger partial charge is 0.268 e. The lowest BCUT2D eigenvalue weighted by atomic mass is 10.2. The second kappa shape index (κ2) is 5.78. The summed E-state index contributed by atoms with van der Waals surface area (Å²) in [6.45, 7) is 0.773. The maximum Gasteiger partial charge on any atom is 0.516 e. The van der Waals surface area contributed by atoms with Gasteiger partial charge in [-0.25, -0.2) is 8.70 Å². The predicted octanol–water partition coefficient (Wildman–Crippen LogP) is 2.53. The minimum atomic E-state index is -5.80. The summed E-state index contributed by atoms with van der Waals surface area (Å²) >= 11 is 0. The van der Waals surface area contributed by atoms with Crippen molar-refractivity contribution in [2.45, 2.75) is 18.9 Å². The van der Waals surface area contributed by atoms with Crippen LogP contribution in [0.2, 0.25) is 0 Å². The van der Waals surface area contributed by atoms with E-state index in [9.17, 15) is 30.8 Å². The highest BCUT2D eigenvalue weighted by Crippen LogP contribution is 2.28. The number of amides is 1. The van der Waals surface area contributed by atoms with Crippen molar-refractivity contribution in [2.24, 2.45) is 0 Å². The number of hydrogen-bond acceptors (Lipinski definition) is 3. The van der Waals surface area contributed by atoms with Crippen molar-refractivity contribution in [1.29, 1.82) is 0 Å². The van der Waals surface area contributed by atoms with E-state index in [1.165, 1.54) is 6.92 Å². The molecule has 20 heavy (non-hydrogen) atoms. The molecule has 1 amide bonds. The zero-order chi connectivity index (χ0) is 15.6. The van der Waals surface area contributed by atoms with Crippen LogP contribution >= 0.6 is 0 Å². The van der Waals surface area contributed by atoms with E-state index in [0.29, 0.717) is 6.07 Å². The van der Waals surface area contributed by atoms with Gasteiger partial charge < -0.3 is 0 Å². The van der Waals surface area contributed by atoms with E-state index in [1.54, 1.807) is 0 Å². The standard InChI is InChI=1S/C11H11F4NO3S/c1-2-6-16(20(18,19)11(13,14)15)10(17)8-4-3-5-9(12)7-8/h3-5,7H,2,6H2,1H3. The van der Waals surface area contributed by atoms with Gasteiger partial charge in [-0.2, -0.15) is 21.6 Å². The molecule has 0 bridgehead atoms. The van der Waals surface area contributed by atoms with Gasteiger partial charge in [0.15, 0.2) is 0 Å². The average Bonchev–Trinajstić information content (AvgIpc) is 2.33. The highest BCUT2D eigenvalue weighted by molar-refractivity contribution is 7.90. The summed E-state index contributed by atoms with van der Waals surface area (Å²) in [7, 11) is -5.80. The van der Waals surface area contributed by atoms with Gasteiger partial charge in [-0.3, -0.25) is 4.79 Å². The van der Waals surface area contributed by atoms with Crippen LogP contribution in [0.3, 0.4) is 0 Å². The zero-order valence-corrected chi connectivity index (χ0v) is 11.1. The number of rotatable bonds is 4. The van der Waals surface area contributed by atoms with Crippen LogP contribution < -0.4 is 0 Å². The summed E-state index contributed by atoms with van der Waals surface area (Å²) in [6.07, 6.45) is -0.00361. The Morgan fingerprint density at radius 3 is 2.35 bits per heavy atom. The van der Waals surface area contributed by atoms with Crippen molar-refractivity contribution >= 4 is 15.9 Å². The molecule has 0 heterocycles. The molecule has 0 aliphatic heterocycles. The number of alkyl halides is 3. The van der Waals surface area contributed by atoms with Crippen molar-refractivity contribution in [2.75, 3.05) is 6.54 Å². The van der Waals surface area contributed by atoms with Crippen LogP contribution in [-0.2, 0) is 10.0 Å². The van der Waals surface area contributed by atoms with E-state index in [2.05, 4.69) is 0 Å². The van der Waals surface area contributed by atoms with Gasteiger partial charge in [0.25, 0.3) is 5.91 Å². The van der Waals surface area contributed by atoms with E-state index >= 15 is 0 Å². The Balaban J connectivity index is 3.25. The predicted molar refractivity (Wildman–Crippen MR) is 62.7 cm³/mol. The molecule has 0 aliphatic carbocycles. The molecule has 1 aromatic carbocycles. The van der Waals surface area contributed by atoms with E-state index in [-0.39, 0.29) is 10.7 Å². The number of carbonyl (C=O) groups excluding carboxylic acids is 1. The van der Waals surface area contributed by atoms with Crippen molar-refractivity contribution in [1.82, 2.24) is 4.31 Å². The van der Waals surface area contributed by atoms with Crippen LogP contribution in [0, 0.1) is 5.82 Å². The average molecular weight is 313 g/mol. The Morgan fingerprint density at radius 1 is 1.30 bits per heavy atom. The Bertz CT molecular complexity index is 598. The topological polar surface area (TPSA) is 54.5 Å². The Hall–Kier alpha value is -1.64. The fourth-order valence-corrected chi connectivity index (χ4v) is 2.42. The van der Waals surface area contributed by atoms with Gasteiger partial charge in [-0.05, 0) is 24.6 Å². The van der Waals surface area contributed by atoms with Crippen LogP contribution in [0.1, 0.15) is 23.7 Å². The summed E-state index contributed by atoms with van der Waals surface area (Å²) in [5.41, 5.74) is -6.06. The first-order chi connectivity index (χ1) is 9.11. The third kappa shape index (κ3) is 3.27. The van der Waals surface area contributed by atoms with Gasteiger partial charge in [0, 0.05) is 12.1 Å². The Labute approximate surface area is 113 Å². The number of halogens is 4. The lowest BCUT2D eigenvalue weighted by molar-refractivity contribution is -0.0482. The van der Waals surface area contributed by atoms with E-state index < -0.39 is 39.4 Å². The second-order valence-electron chi connectivity index (χ2n) is 3.84. The van der Waals surface area contributed by atoms with Gasteiger partial charge >= 0.3 is 15.5 Å². The minimum Gasteiger partial charge on any atom is -0.268 e. The molecule has 1 aromatic rings. The molecule has 0 radical (unpaired) electrons. The van der Waals surface area contributed by atoms with Crippen molar-refractivity contribution in [3.63, 3.8) is 0 Å². The highest BCUT2D eigenvalue weighted by Gasteiger charge is 2.51. The van der Waals surface area contributed by atoms with Crippen molar-refractivity contribution < 1.29 is 30.8 Å². The fraction of sp³-hybridized carbons (Fsp3) is 0.364. The largest absolute Gasteiger partial charge is 0.516 e. The molecule has 0 atom stereocenters. The Morgan fingerprint density at radius 2 is 1.90 bits per heavy atom. The molecule has 0 unspecified atom stereocenters. The second-order valence-corrected chi connectivity index (χ2v) is 5.69. The number of benzene rings is 1. The van der Waals surface area contributed by atoms with Gasteiger partial charge in [-0.1, -0.05) is 13.0 Å². The maximum atomic E-state index is 13.0. The van der Waals surface area contributed by atoms with Crippen LogP contribution in [-0.4, -0.2) is 30.7 Å². The SMILES string of the molecule is CCCN(C(=O)c1cccc(F)c1)S(=O)(=O)C(F)(F)F. The number of hydrogen-bond donors (Lipinski definition) is 0. The monoisotopic (exact) mass is 313 g/mol. The van der Waals surface area contributed by atoms with Gasteiger partial charge in [0.2, 0.25) is 0 Å². The van der Waals surface area contributed by atoms with Gasteiger partial charge in [0.05, 0.1) is 0 Å². The van der Waals surface area contributed by atoms with Gasteiger partial charge in [0.1, 0.15) is 5.82 Å². The lowest BCUT2D eigenvalue weighted by Crippen LogP contribution is -2.44. The third-order valence-electron chi connectivity index (χ3n) is 2.31. The first kappa shape index (κ1) is 16.4. The normalized spacial score (nSPS) is 12.2. The molecule has 0 spiro atoms. The van der Waals surface area contributed by atoms with E-state index in [4.69, 9.17) is 0 Å². The molecule has 0 fully saturated rings. The first-order valence-corrected chi connectivity index (χ1v) is 6.94. The molecule has 4 nitrogen and oxygen atoms in total. The lowest BCUT2D eigenvalue weighted by Gasteiger charge is -2.23. The van der Waals surface area contributed by atoms with E-state index in [0.717, 1.165) is 18.2 Å². The molecular weight excluding hydrogens is 302 g/mol. The summed E-state index contributed by atoms with van der Waals surface area (Å²) in [4.78, 5) is 11.9. The Kier molecular flexibility index (Phi) is 4.74. The van der Waals surface area contributed by atoms with Crippen molar-refractivity contribution in [3.8, 4) is 0 Å². The van der Waals surface area contributed by atoms with Crippen LogP contribution in [0.4, 0.5) is 17.6 Å². The molecule has 9 heteroatoms. The highest BCUT2D eigenvalue weighted by atomic mass is 32.2. The molecule has 0 aromatic heterocycles. The summed E-state index contributed by atoms with van der Waals surface area (Å²) in [5, 5.41) is 0. The number of carbonyl (C=O) groups is 1. The summed E-state index contributed by atoms with van der Waals surface area (Å²) < 4.78 is 72.9. The molecule has 112 valence electrons. The molecule has 0 saturated heterocycles. The zero-order valence-electron chi connectivity index (χ0n) is 10.3. The quantitative estimate of drug-likeness (QED) is 0.803. The van der Waals surface area contributed by atoms with Crippen LogP contribution in [0.15, 0.2) is 24.3 Å². The maximum absolute atomic E-state index is 13.0. The summed E-state index contributed by atoms with van der Waals surface area (Å²) in [5.74, 6) is -2.26. The molecule has 0 saturated carbocycles. The third-order valence-corrected chi connectivity index (χ3v) is 3.82. The van der Waals surface area contributed by atoms with Crippen LogP contribution in [0.25, 0.3) is 0 Å². The summed E-state index contributed by atoms with van der Waals surface area (Å²) in [6, 6.07) is 3.81. The number of sulfonamides is 1. The minimum absolute atomic E-state index is 0.00361. The number of nitrogens with zero attached hydrogens (tertiary/aromatic N) is 1. The van der Waals surface area contributed by atoms with Gasteiger partial charge in [-0.15, -0.1) is 0 Å². The molecular formula is C11H11F4NO3S.